The third-order valence-corrected chi connectivity index (χ3v) is 3.78. The normalized spacial score (nSPS) is 17.3. The fraction of sp³-hybridized carbons (Fsp3) is 0.500. The second kappa shape index (κ2) is 7.82. The predicted octanol–water partition coefficient (Wildman–Crippen LogP) is 0.819. The molecule has 1 atom stereocenters. The van der Waals surface area contributed by atoms with Gasteiger partial charge in [0.1, 0.15) is 11.5 Å². The van der Waals surface area contributed by atoms with E-state index in [1.807, 2.05) is 0 Å². The van der Waals surface area contributed by atoms with E-state index in [2.05, 4.69) is 5.32 Å². The van der Waals surface area contributed by atoms with Crippen LogP contribution in [-0.2, 0) is 14.3 Å². The van der Waals surface area contributed by atoms with E-state index in [0.29, 0.717) is 36.9 Å². The Balaban J connectivity index is 2.09. The smallest absolute Gasteiger partial charge is 0.227 e. The number of amides is 2. The molecule has 0 saturated carbocycles. The van der Waals surface area contributed by atoms with Crippen molar-refractivity contribution in [3.05, 3.63) is 18.2 Å². The Morgan fingerprint density at radius 3 is 2.74 bits per heavy atom. The summed E-state index contributed by atoms with van der Waals surface area (Å²) in [6, 6.07) is 5.24. The summed E-state index contributed by atoms with van der Waals surface area (Å²) in [4.78, 5) is 26.0. The molecular weight excluding hydrogens is 300 g/mol. The molecular formula is C16H22N2O5. The van der Waals surface area contributed by atoms with E-state index in [-0.39, 0.29) is 24.2 Å². The summed E-state index contributed by atoms with van der Waals surface area (Å²) in [5.41, 5.74) is 0.644. The molecule has 0 aliphatic carbocycles. The van der Waals surface area contributed by atoms with Gasteiger partial charge in [-0.3, -0.25) is 9.59 Å². The van der Waals surface area contributed by atoms with E-state index >= 15 is 0 Å². The lowest BCUT2D eigenvalue weighted by molar-refractivity contribution is -0.126. The zero-order chi connectivity index (χ0) is 16.8. The van der Waals surface area contributed by atoms with Gasteiger partial charge in [0, 0.05) is 32.7 Å². The molecule has 7 nitrogen and oxygen atoms in total. The van der Waals surface area contributed by atoms with E-state index in [1.54, 1.807) is 37.3 Å². The van der Waals surface area contributed by atoms with Crippen LogP contribution in [0, 0.1) is 5.92 Å². The van der Waals surface area contributed by atoms with Crippen molar-refractivity contribution in [3.63, 3.8) is 0 Å². The van der Waals surface area contributed by atoms with Crippen LogP contribution in [0.4, 0.5) is 5.69 Å². The van der Waals surface area contributed by atoms with Crippen LogP contribution in [0.3, 0.4) is 0 Å². The molecule has 126 valence electrons. The standard InChI is InChI=1S/C16H22N2O5/c1-21-7-6-17-16(20)11-8-15(19)18(10-11)13-5-4-12(22-2)9-14(13)23-3/h4-5,9,11H,6-8,10H2,1-3H3,(H,17,20)/t11-/m1/s1. The van der Waals surface area contributed by atoms with Gasteiger partial charge in [0.2, 0.25) is 11.8 Å². The summed E-state index contributed by atoms with van der Waals surface area (Å²) < 4.78 is 15.4. The highest BCUT2D eigenvalue weighted by Gasteiger charge is 2.36. The van der Waals surface area contributed by atoms with Crippen molar-refractivity contribution in [2.75, 3.05) is 45.9 Å². The third-order valence-electron chi connectivity index (χ3n) is 3.78. The largest absolute Gasteiger partial charge is 0.497 e. The predicted molar refractivity (Wildman–Crippen MR) is 84.9 cm³/mol. The first-order chi connectivity index (χ1) is 11.1. The van der Waals surface area contributed by atoms with Crippen molar-refractivity contribution < 1.29 is 23.8 Å². The van der Waals surface area contributed by atoms with E-state index in [0.717, 1.165) is 0 Å². The van der Waals surface area contributed by atoms with Gasteiger partial charge in [-0.1, -0.05) is 0 Å². The number of carbonyl (C=O) groups is 2. The molecule has 1 heterocycles. The van der Waals surface area contributed by atoms with Gasteiger partial charge in [0.05, 0.1) is 32.4 Å². The number of nitrogens with one attached hydrogen (secondary N) is 1. The Morgan fingerprint density at radius 1 is 1.30 bits per heavy atom. The molecule has 0 bridgehead atoms. The number of anilines is 1. The number of rotatable bonds is 7. The van der Waals surface area contributed by atoms with E-state index < -0.39 is 0 Å². The highest BCUT2D eigenvalue weighted by molar-refractivity contribution is 6.01. The molecule has 1 saturated heterocycles. The SMILES string of the molecule is COCCNC(=O)[C@@H]1CC(=O)N(c2ccc(OC)cc2OC)C1. The molecule has 7 heteroatoms. The van der Waals surface area contributed by atoms with Crippen molar-refractivity contribution >= 4 is 17.5 Å². The van der Waals surface area contributed by atoms with Gasteiger partial charge in [-0.05, 0) is 12.1 Å². The third kappa shape index (κ3) is 3.92. The second-order valence-electron chi connectivity index (χ2n) is 5.23. The molecule has 1 aliphatic heterocycles. The number of carbonyl (C=O) groups excluding carboxylic acids is 2. The van der Waals surface area contributed by atoms with Crippen LogP contribution < -0.4 is 19.7 Å². The number of ether oxygens (including phenoxy) is 3. The molecule has 1 aliphatic rings. The maximum Gasteiger partial charge on any atom is 0.227 e. The molecule has 1 aromatic rings. The molecule has 2 amide bonds. The highest BCUT2D eigenvalue weighted by Crippen LogP contribution is 2.35. The fourth-order valence-corrected chi connectivity index (χ4v) is 2.54. The topological polar surface area (TPSA) is 77.1 Å². The van der Waals surface area contributed by atoms with Crippen molar-refractivity contribution in [1.82, 2.24) is 5.32 Å². The quantitative estimate of drug-likeness (QED) is 0.752. The van der Waals surface area contributed by atoms with Crippen LogP contribution >= 0.6 is 0 Å². The van der Waals surface area contributed by atoms with Gasteiger partial charge >= 0.3 is 0 Å². The number of hydrogen-bond donors (Lipinski definition) is 1. The van der Waals surface area contributed by atoms with Crippen LogP contribution in [0.2, 0.25) is 0 Å². The van der Waals surface area contributed by atoms with Gasteiger partial charge < -0.3 is 24.4 Å². The van der Waals surface area contributed by atoms with Crippen LogP contribution in [0.15, 0.2) is 18.2 Å². The molecule has 0 spiro atoms. The van der Waals surface area contributed by atoms with Crippen molar-refractivity contribution in [1.29, 1.82) is 0 Å². The molecule has 1 aromatic carbocycles. The minimum Gasteiger partial charge on any atom is -0.497 e. The first-order valence-electron chi connectivity index (χ1n) is 7.39. The van der Waals surface area contributed by atoms with Crippen molar-refractivity contribution in [2.45, 2.75) is 6.42 Å². The molecule has 2 rings (SSSR count). The van der Waals surface area contributed by atoms with Crippen LogP contribution in [-0.4, -0.2) is 52.8 Å². The average Bonchev–Trinajstić information content (AvgIpc) is 2.96. The van der Waals surface area contributed by atoms with Crippen molar-refractivity contribution in [3.8, 4) is 11.5 Å². The molecule has 23 heavy (non-hydrogen) atoms. The lowest BCUT2D eigenvalue weighted by Gasteiger charge is -2.20. The lowest BCUT2D eigenvalue weighted by atomic mass is 10.1. The Morgan fingerprint density at radius 2 is 2.09 bits per heavy atom. The van der Waals surface area contributed by atoms with Gasteiger partial charge in [0.15, 0.2) is 0 Å². The molecule has 0 aromatic heterocycles. The lowest BCUT2D eigenvalue weighted by Crippen LogP contribution is -2.34. The van der Waals surface area contributed by atoms with Gasteiger partial charge in [-0.25, -0.2) is 0 Å². The number of hydrogen-bond acceptors (Lipinski definition) is 5. The van der Waals surface area contributed by atoms with E-state index in [9.17, 15) is 9.59 Å². The summed E-state index contributed by atoms with van der Waals surface area (Å²) in [5.74, 6) is 0.584. The van der Waals surface area contributed by atoms with E-state index in [4.69, 9.17) is 14.2 Å². The van der Waals surface area contributed by atoms with Gasteiger partial charge in [-0.2, -0.15) is 0 Å². The van der Waals surface area contributed by atoms with Crippen LogP contribution in [0.5, 0.6) is 11.5 Å². The number of nitrogens with zero attached hydrogens (tertiary/aromatic N) is 1. The fourth-order valence-electron chi connectivity index (χ4n) is 2.54. The number of methoxy groups -OCH3 is 3. The summed E-state index contributed by atoms with van der Waals surface area (Å²) in [6.07, 6.45) is 0.188. The van der Waals surface area contributed by atoms with Crippen LogP contribution in [0.25, 0.3) is 0 Å². The zero-order valence-corrected chi connectivity index (χ0v) is 13.6. The minimum absolute atomic E-state index is 0.0969. The van der Waals surface area contributed by atoms with Crippen LogP contribution in [0.1, 0.15) is 6.42 Å². The van der Waals surface area contributed by atoms with Gasteiger partial charge in [-0.15, -0.1) is 0 Å². The Kier molecular flexibility index (Phi) is 5.81. The van der Waals surface area contributed by atoms with Crippen molar-refractivity contribution in [2.24, 2.45) is 5.92 Å². The second-order valence-corrected chi connectivity index (χ2v) is 5.23. The average molecular weight is 322 g/mol. The monoisotopic (exact) mass is 322 g/mol. The Hall–Kier alpha value is -2.28. The zero-order valence-electron chi connectivity index (χ0n) is 13.6. The van der Waals surface area contributed by atoms with Gasteiger partial charge in [0.25, 0.3) is 0 Å². The molecule has 1 N–H and O–H groups in total. The highest BCUT2D eigenvalue weighted by atomic mass is 16.5. The first-order valence-corrected chi connectivity index (χ1v) is 7.39. The molecule has 1 fully saturated rings. The first kappa shape index (κ1) is 17.1. The summed E-state index contributed by atoms with van der Waals surface area (Å²) in [6.45, 7) is 1.22. The summed E-state index contributed by atoms with van der Waals surface area (Å²) in [5, 5.41) is 2.77. The summed E-state index contributed by atoms with van der Waals surface area (Å²) >= 11 is 0. The maximum atomic E-state index is 12.3. The summed E-state index contributed by atoms with van der Waals surface area (Å²) in [7, 11) is 4.67. The molecule has 0 unspecified atom stereocenters. The maximum absolute atomic E-state index is 12.3. The minimum atomic E-state index is -0.369. The number of benzene rings is 1. The Bertz CT molecular complexity index is 576. The Labute approximate surface area is 135 Å². The van der Waals surface area contributed by atoms with E-state index in [1.165, 1.54) is 7.11 Å². The molecule has 0 radical (unpaired) electrons.